The van der Waals surface area contributed by atoms with Gasteiger partial charge >= 0.3 is 0 Å². The Bertz CT molecular complexity index is 688. The average molecular weight is 417 g/mol. The molecule has 3 unspecified atom stereocenters. The van der Waals surface area contributed by atoms with Crippen LogP contribution in [0, 0.1) is 35.0 Å². The molecule has 0 aromatic heterocycles. The second kappa shape index (κ2) is 10.3. The topological polar surface area (TPSA) is 110 Å². The Balaban J connectivity index is 1.87. The van der Waals surface area contributed by atoms with Crippen molar-refractivity contribution < 1.29 is 9.59 Å². The quantitative estimate of drug-likeness (QED) is 0.627. The molecule has 2 amide bonds. The third-order valence-corrected chi connectivity index (χ3v) is 7.07. The summed E-state index contributed by atoms with van der Waals surface area (Å²) in [6.07, 6.45) is 6.84. The van der Waals surface area contributed by atoms with Gasteiger partial charge < -0.3 is 15.5 Å². The van der Waals surface area contributed by atoms with Crippen LogP contribution in [-0.4, -0.2) is 61.4 Å². The zero-order chi connectivity index (χ0) is 21.7. The van der Waals surface area contributed by atoms with Crippen LogP contribution in [0.5, 0.6) is 0 Å². The maximum atomic E-state index is 13.3. The highest BCUT2D eigenvalue weighted by molar-refractivity contribution is 5.86. The largest absolute Gasteiger partial charge is 0.356 e. The summed E-state index contributed by atoms with van der Waals surface area (Å²) in [4.78, 5) is 32.6. The summed E-state index contributed by atoms with van der Waals surface area (Å²) in [6, 6.07) is 1.24. The predicted molar refractivity (Wildman–Crippen MR) is 115 cm³/mol. The average Bonchev–Trinajstić information content (AvgIpc) is 3.15. The monoisotopic (exact) mass is 416 g/mol. The first-order chi connectivity index (χ1) is 14.4. The molecule has 0 saturated carbocycles. The fourth-order valence-corrected chi connectivity index (χ4v) is 5.27. The van der Waals surface area contributed by atoms with Crippen LogP contribution in [-0.2, 0) is 9.59 Å². The maximum absolute atomic E-state index is 13.3. The smallest absolute Gasteiger partial charge is 0.244 e. The van der Waals surface area contributed by atoms with E-state index in [-0.39, 0.29) is 41.8 Å². The molecule has 3 rings (SSSR count). The molecule has 166 valence electrons. The van der Waals surface area contributed by atoms with E-state index in [1.54, 1.807) is 0 Å². The van der Waals surface area contributed by atoms with Gasteiger partial charge in [0.2, 0.25) is 11.8 Å². The molecular formula is C22H36N6O2. The molecular weight excluding hydrogens is 380 g/mol. The van der Waals surface area contributed by atoms with Crippen LogP contribution in [0.2, 0.25) is 0 Å². The number of hydrogen-bond acceptors (Lipinski definition) is 6. The lowest BCUT2D eigenvalue weighted by molar-refractivity contribution is -0.130. The first-order valence-electron chi connectivity index (χ1n) is 11.4. The van der Waals surface area contributed by atoms with Gasteiger partial charge in [0.1, 0.15) is 18.2 Å². The first kappa shape index (κ1) is 22.5. The number of aliphatic imine (C=N–C) groups is 1. The highest BCUT2D eigenvalue weighted by Gasteiger charge is 2.41. The SMILES string of the molecule is CN[C@H]1CCC[C@H]2CCNC(=O)C2CC(C#N)NC(=O)C2[C@@H](C(C)C)CCN2/C=N/1. The van der Waals surface area contributed by atoms with Crippen molar-refractivity contribution in [1.29, 1.82) is 5.26 Å². The number of hydrogen-bond donors (Lipinski definition) is 3. The Hall–Kier alpha value is -2.14. The van der Waals surface area contributed by atoms with Crippen LogP contribution >= 0.6 is 0 Å². The predicted octanol–water partition coefficient (Wildman–Crippen LogP) is 1.24. The van der Waals surface area contributed by atoms with Gasteiger partial charge in [0, 0.05) is 19.0 Å². The minimum Gasteiger partial charge on any atom is -0.356 e. The summed E-state index contributed by atoms with van der Waals surface area (Å²) in [5, 5.41) is 18.9. The second-order valence-electron chi connectivity index (χ2n) is 9.25. The van der Waals surface area contributed by atoms with E-state index in [1.165, 1.54) is 0 Å². The fraction of sp³-hybridized carbons (Fsp3) is 0.818. The standard InChI is InChI=1S/C22H36N6O2/c1-14(2)17-8-10-28-13-26-19(24-3)6-4-5-15-7-9-25-21(29)18(15)11-16(12-23)27-22(30)20(17)28/h13-20,24H,4-11H2,1-3H3,(H,25,29)(H,27,30)/b26-13+/t15-,16?,17+,18?,19+,20?/m0/s1. The highest BCUT2D eigenvalue weighted by Crippen LogP contribution is 2.32. The zero-order valence-electron chi connectivity index (χ0n) is 18.4. The molecule has 0 spiro atoms. The van der Waals surface area contributed by atoms with E-state index >= 15 is 0 Å². The van der Waals surface area contributed by atoms with Gasteiger partial charge in [0.25, 0.3) is 0 Å². The molecule has 0 bridgehead atoms. The van der Waals surface area contributed by atoms with Crippen molar-refractivity contribution in [2.24, 2.45) is 28.7 Å². The van der Waals surface area contributed by atoms with Gasteiger partial charge in [0.15, 0.2) is 0 Å². The number of nitrogens with zero attached hydrogens (tertiary/aromatic N) is 3. The normalized spacial score (nSPS) is 36.7. The van der Waals surface area contributed by atoms with Crippen LogP contribution < -0.4 is 16.0 Å². The number of fused-ring (bicyclic) bond motifs is 2. The first-order valence-corrected chi connectivity index (χ1v) is 11.4. The molecule has 8 heteroatoms. The summed E-state index contributed by atoms with van der Waals surface area (Å²) >= 11 is 0. The zero-order valence-corrected chi connectivity index (χ0v) is 18.4. The third-order valence-electron chi connectivity index (χ3n) is 7.07. The lowest BCUT2D eigenvalue weighted by atomic mass is 9.78. The van der Waals surface area contributed by atoms with Crippen molar-refractivity contribution >= 4 is 18.2 Å². The van der Waals surface area contributed by atoms with Crippen LogP contribution in [0.25, 0.3) is 0 Å². The molecule has 3 N–H and O–H groups in total. The molecule has 0 radical (unpaired) electrons. The summed E-state index contributed by atoms with van der Waals surface area (Å²) in [7, 11) is 1.91. The Kier molecular flexibility index (Phi) is 7.70. The molecule has 2 saturated heterocycles. The minimum absolute atomic E-state index is 0.00234. The van der Waals surface area contributed by atoms with Gasteiger partial charge in [-0.2, -0.15) is 5.26 Å². The van der Waals surface area contributed by atoms with Crippen molar-refractivity contribution in [3.63, 3.8) is 0 Å². The Morgan fingerprint density at radius 3 is 2.73 bits per heavy atom. The lowest BCUT2D eigenvalue weighted by Crippen LogP contribution is -2.51. The summed E-state index contributed by atoms with van der Waals surface area (Å²) in [5.74, 6) is 0.453. The van der Waals surface area contributed by atoms with E-state index in [0.29, 0.717) is 18.9 Å². The molecule has 3 heterocycles. The fourth-order valence-electron chi connectivity index (χ4n) is 5.27. The van der Waals surface area contributed by atoms with E-state index in [9.17, 15) is 14.9 Å². The van der Waals surface area contributed by atoms with Gasteiger partial charge in [-0.3, -0.25) is 19.9 Å². The van der Waals surface area contributed by atoms with Crippen molar-refractivity contribution in [2.75, 3.05) is 20.1 Å². The number of carbonyl (C=O) groups is 2. The molecule has 0 aliphatic carbocycles. The van der Waals surface area contributed by atoms with E-state index in [2.05, 4.69) is 35.9 Å². The molecule has 2 fully saturated rings. The van der Waals surface area contributed by atoms with E-state index in [4.69, 9.17) is 4.99 Å². The van der Waals surface area contributed by atoms with Gasteiger partial charge in [-0.1, -0.05) is 13.8 Å². The van der Waals surface area contributed by atoms with Gasteiger partial charge in [0.05, 0.1) is 12.4 Å². The lowest BCUT2D eigenvalue weighted by Gasteiger charge is -2.34. The van der Waals surface area contributed by atoms with Crippen molar-refractivity contribution in [2.45, 2.75) is 70.6 Å². The maximum Gasteiger partial charge on any atom is 0.244 e. The molecule has 6 atom stereocenters. The van der Waals surface area contributed by atoms with E-state index in [0.717, 1.165) is 38.6 Å². The number of carbonyl (C=O) groups excluding carboxylic acids is 2. The summed E-state index contributed by atoms with van der Waals surface area (Å²) < 4.78 is 0. The number of nitriles is 1. The Morgan fingerprint density at radius 2 is 2.03 bits per heavy atom. The van der Waals surface area contributed by atoms with Gasteiger partial charge in [-0.05, 0) is 63.3 Å². The van der Waals surface area contributed by atoms with Crippen LogP contribution in [0.1, 0.15) is 52.4 Å². The number of rotatable bonds is 2. The molecule has 30 heavy (non-hydrogen) atoms. The van der Waals surface area contributed by atoms with Gasteiger partial charge in [-0.25, -0.2) is 0 Å². The van der Waals surface area contributed by atoms with Crippen LogP contribution in [0.4, 0.5) is 0 Å². The Morgan fingerprint density at radius 1 is 1.23 bits per heavy atom. The number of amides is 2. The highest BCUT2D eigenvalue weighted by atomic mass is 16.2. The number of piperidine rings is 1. The van der Waals surface area contributed by atoms with Crippen molar-refractivity contribution in [3.05, 3.63) is 0 Å². The third kappa shape index (κ3) is 5.12. The minimum atomic E-state index is -0.658. The molecule has 8 nitrogen and oxygen atoms in total. The van der Waals surface area contributed by atoms with E-state index in [1.807, 2.05) is 18.3 Å². The second-order valence-corrected chi connectivity index (χ2v) is 9.25. The van der Waals surface area contributed by atoms with Gasteiger partial charge in [-0.15, -0.1) is 0 Å². The van der Waals surface area contributed by atoms with Crippen LogP contribution in [0.15, 0.2) is 4.99 Å². The van der Waals surface area contributed by atoms with E-state index < -0.39 is 6.04 Å². The summed E-state index contributed by atoms with van der Waals surface area (Å²) in [5.41, 5.74) is 0. The summed E-state index contributed by atoms with van der Waals surface area (Å²) in [6.45, 7) is 5.74. The van der Waals surface area contributed by atoms with Crippen molar-refractivity contribution in [1.82, 2.24) is 20.9 Å². The molecule has 0 aromatic rings. The van der Waals surface area contributed by atoms with Crippen molar-refractivity contribution in [3.8, 4) is 6.07 Å². The number of nitrogens with one attached hydrogen (secondary N) is 3. The van der Waals surface area contributed by atoms with Crippen LogP contribution in [0.3, 0.4) is 0 Å². The Labute approximate surface area is 179 Å². The molecule has 3 aliphatic heterocycles. The molecule has 3 aliphatic rings. The molecule has 0 aromatic carbocycles.